The summed E-state index contributed by atoms with van der Waals surface area (Å²) < 4.78 is 12.0. The number of fused-ring (bicyclic) bond motifs is 1. The minimum absolute atomic E-state index is 0.0722. The van der Waals surface area contributed by atoms with E-state index >= 15 is 0 Å². The van der Waals surface area contributed by atoms with Gasteiger partial charge in [0.2, 0.25) is 0 Å². The molecule has 2 heterocycles. The van der Waals surface area contributed by atoms with Gasteiger partial charge in [-0.05, 0) is 26.7 Å². The number of rotatable bonds is 4. The van der Waals surface area contributed by atoms with Crippen molar-refractivity contribution in [3.63, 3.8) is 0 Å². The van der Waals surface area contributed by atoms with Crippen molar-refractivity contribution in [2.45, 2.75) is 77.7 Å². The molecule has 0 bridgehead atoms. The zero-order valence-corrected chi connectivity index (χ0v) is 14.9. The fraction of sp³-hybridized carbons (Fsp3) is 0.684. The third-order valence-corrected chi connectivity index (χ3v) is 5.25. The van der Waals surface area contributed by atoms with Gasteiger partial charge in [-0.2, -0.15) is 0 Å². The van der Waals surface area contributed by atoms with Crippen molar-refractivity contribution in [1.82, 2.24) is 0 Å². The first kappa shape index (κ1) is 16.9. The molecule has 1 aromatic carbocycles. The van der Waals surface area contributed by atoms with Crippen molar-refractivity contribution >= 4 is 0 Å². The van der Waals surface area contributed by atoms with Gasteiger partial charge in [0.25, 0.3) is 0 Å². The smallest absolute Gasteiger partial charge is 0.164 e. The molecule has 0 amide bonds. The van der Waals surface area contributed by atoms with Crippen molar-refractivity contribution in [2.24, 2.45) is 5.92 Å². The van der Waals surface area contributed by atoms with Crippen LogP contribution in [0.25, 0.3) is 0 Å². The number of hydrogen-bond donors (Lipinski definition) is 0. The highest BCUT2D eigenvalue weighted by Crippen LogP contribution is 2.46. The molecule has 0 aromatic heterocycles. The average molecular weight is 319 g/mol. The van der Waals surface area contributed by atoms with Crippen molar-refractivity contribution in [3.8, 4) is 0 Å². The van der Waals surface area contributed by atoms with E-state index in [-0.39, 0.29) is 28.9 Å². The van der Waals surface area contributed by atoms with E-state index in [0.29, 0.717) is 12.5 Å². The monoisotopic (exact) mass is 319 g/mol. The Bertz CT molecular complexity index is 545. The molecule has 0 spiro atoms. The summed E-state index contributed by atoms with van der Waals surface area (Å²) in [6.45, 7) is 10.7. The van der Waals surface area contributed by atoms with Crippen molar-refractivity contribution in [3.05, 3.63) is 41.1 Å². The third kappa shape index (κ3) is 3.05. The Morgan fingerprint density at radius 1 is 1.13 bits per heavy atom. The lowest BCUT2D eigenvalue weighted by molar-refractivity contribution is -0.931. The highest BCUT2D eigenvalue weighted by molar-refractivity contribution is 5.14. The molecule has 2 aliphatic rings. The van der Waals surface area contributed by atoms with Crippen LogP contribution in [0.5, 0.6) is 0 Å². The predicted molar refractivity (Wildman–Crippen MR) is 90.3 cm³/mol. The van der Waals surface area contributed by atoms with Gasteiger partial charge in [0.1, 0.15) is 30.8 Å². The maximum atomic E-state index is 13.9. The lowest BCUT2D eigenvalue weighted by Crippen LogP contribution is -2.54. The quantitative estimate of drug-likeness (QED) is 0.625. The van der Waals surface area contributed by atoms with Crippen LogP contribution in [-0.4, -0.2) is 34.7 Å². The standard InChI is InChI=1S/C19H29NO3/c1-13(2)11-16-18-17(22-19(4,5)23-18)14(3)20(16,21)12-15-9-7-6-8-10-15/h6-10,13-14,16-18H,11-12H2,1-5H3/t14-,16+,17-,18+,20-/m1/s1. The van der Waals surface area contributed by atoms with Crippen LogP contribution >= 0.6 is 0 Å². The normalized spacial score (nSPS) is 38.9. The number of quaternary nitrogens is 1. The second-order valence-corrected chi connectivity index (χ2v) is 8.00. The lowest BCUT2D eigenvalue weighted by atomic mass is 9.98. The highest BCUT2D eigenvalue weighted by atomic mass is 16.8. The topological polar surface area (TPSA) is 41.5 Å². The molecule has 4 heteroatoms. The van der Waals surface area contributed by atoms with E-state index in [1.165, 1.54) is 0 Å². The van der Waals surface area contributed by atoms with Gasteiger partial charge >= 0.3 is 0 Å². The molecular weight excluding hydrogens is 290 g/mol. The number of ether oxygens (including phenoxy) is 2. The maximum absolute atomic E-state index is 13.9. The molecule has 2 fully saturated rings. The molecule has 0 unspecified atom stereocenters. The average Bonchev–Trinajstić information content (AvgIpc) is 2.87. The summed E-state index contributed by atoms with van der Waals surface area (Å²) in [7, 11) is 0. The van der Waals surface area contributed by atoms with E-state index in [1.54, 1.807) is 0 Å². The number of benzene rings is 1. The summed E-state index contributed by atoms with van der Waals surface area (Å²) in [6, 6.07) is 9.87. The van der Waals surface area contributed by atoms with Crippen LogP contribution < -0.4 is 0 Å². The molecule has 5 atom stereocenters. The Morgan fingerprint density at radius 3 is 2.35 bits per heavy atom. The Kier molecular flexibility index (Phi) is 4.30. The second-order valence-electron chi connectivity index (χ2n) is 8.00. The fourth-order valence-corrected chi connectivity index (χ4v) is 4.21. The molecule has 3 rings (SSSR count). The van der Waals surface area contributed by atoms with Gasteiger partial charge in [0, 0.05) is 12.0 Å². The van der Waals surface area contributed by atoms with Gasteiger partial charge in [-0.1, -0.05) is 44.2 Å². The van der Waals surface area contributed by atoms with E-state index < -0.39 is 5.79 Å². The molecular formula is C19H29NO3. The molecule has 0 N–H and O–H groups in total. The van der Waals surface area contributed by atoms with E-state index in [1.807, 2.05) is 51.1 Å². The third-order valence-electron chi connectivity index (χ3n) is 5.25. The molecule has 23 heavy (non-hydrogen) atoms. The zero-order chi connectivity index (χ0) is 16.8. The number of hydroxylamine groups is 3. The minimum Gasteiger partial charge on any atom is -0.632 e. The van der Waals surface area contributed by atoms with E-state index in [4.69, 9.17) is 9.47 Å². The van der Waals surface area contributed by atoms with Crippen LogP contribution in [0.1, 0.15) is 46.6 Å². The first-order chi connectivity index (χ1) is 10.7. The SMILES string of the molecule is CC(C)C[C@H]1[C@@H]2OC(C)(C)O[C@@H]2[C@@H](C)[N@+]1([O-])Cc1ccccc1. The summed E-state index contributed by atoms with van der Waals surface area (Å²) in [4.78, 5) is 0. The van der Waals surface area contributed by atoms with Crippen molar-refractivity contribution in [1.29, 1.82) is 0 Å². The number of hydrogen-bond acceptors (Lipinski definition) is 3. The molecule has 128 valence electrons. The van der Waals surface area contributed by atoms with E-state index in [2.05, 4.69) is 13.8 Å². The Morgan fingerprint density at radius 2 is 1.74 bits per heavy atom. The Labute approximate surface area is 139 Å². The van der Waals surface area contributed by atoms with Gasteiger partial charge in [0.15, 0.2) is 5.79 Å². The van der Waals surface area contributed by atoms with E-state index in [9.17, 15) is 5.21 Å². The van der Waals surface area contributed by atoms with Crippen LogP contribution in [0.3, 0.4) is 0 Å². The van der Waals surface area contributed by atoms with Crippen LogP contribution in [0, 0.1) is 11.1 Å². The summed E-state index contributed by atoms with van der Waals surface area (Å²) in [5.74, 6) is -0.128. The lowest BCUT2D eigenvalue weighted by Gasteiger charge is -2.49. The molecule has 1 aromatic rings. The summed E-state index contributed by atoms with van der Waals surface area (Å²) in [5.41, 5.74) is 1.09. The second kappa shape index (κ2) is 5.85. The van der Waals surface area contributed by atoms with Gasteiger partial charge < -0.3 is 19.3 Å². The molecule has 0 saturated carbocycles. The van der Waals surface area contributed by atoms with E-state index in [0.717, 1.165) is 12.0 Å². The summed E-state index contributed by atoms with van der Waals surface area (Å²) >= 11 is 0. The Hall–Kier alpha value is -0.940. The summed E-state index contributed by atoms with van der Waals surface area (Å²) in [6.07, 6.45) is 0.639. The van der Waals surface area contributed by atoms with Gasteiger partial charge in [-0.25, -0.2) is 0 Å². The minimum atomic E-state index is -0.586. The van der Waals surface area contributed by atoms with Gasteiger partial charge in [0.05, 0.1) is 0 Å². The van der Waals surface area contributed by atoms with Gasteiger partial charge in [-0.15, -0.1) is 0 Å². The van der Waals surface area contributed by atoms with Crippen molar-refractivity contribution in [2.75, 3.05) is 0 Å². The number of likely N-dealkylation sites (tertiary alicyclic amines) is 1. The highest BCUT2D eigenvalue weighted by Gasteiger charge is 2.62. The molecule has 0 aliphatic carbocycles. The van der Waals surface area contributed by atoms with Crippen LogP contribution in [-0.2, 0) is 16.0 Å². The fourth-order valence-electron chi connectivity index (χ4n) is 4.21. The van der Waals surface area contributed by atoms with Crippen LogP contribution in [0.2, 0.25) is 0 Å². The molecule has 2 aliphatic heterocycles. The Balaban J connectivity index is 1.91. The van der Waals surface area contributed by atoms with Crippen LogP contribution in [0.4, 0.5) is 0 Å². The molecule has 0 radical (unpaired) electrons. The first-order valence-electron chi connectivity index (χ1n) is 8.71. The summed E-state index contributed by atoms with van der Waals surface area (Å²) in [5, 5.41) is 13.9. The van der Waals surface area contributed by atoms with Crippen molar-refractivity contribution < 1.29 is 14.1 Å². The predicted octanol–water partition coefficient (Wildman–Crippen LogP) is 3.84. The van der Waals surface area contributed by atoms with Crippen LogP contribution in [0.15, 0.2) is 30.3 Å². The number of nitrogens with zero attached hydrogens (tertiary/aromatic N) is 1. The molecule has 2 saturated heterocycles. The van der Waals surface area contributed by atoms with Gasteiger partial charge in [-0.3, -0.25) is 0 Å². The zero-order valence-electron chi connectivity index (χ0n) is 14.9. The maximum Gasteiger partial charge on any atom is 0.164 e. The first-order valence-corrected chi connectivity index (χ1v) is 8.71. The largest absolute Gasteiger partial charge is 0.632 e. The molecule has 4 nitrogen and oxygen atoms in total.